The monoisotopic (exact) mass is 225 g/mol. The topological polar surface area (TPSA) is 17.1 Å². The van der Waals surface area contributed by atoms with E-state index in [2.05, 4.69) is 0 Å². The Kier molecular flexibility index (Phi) is 2.67. The normalized spacial score (nSPS) is 12.9. The molecule has 0 saturated carbocycles. The van der Waals surface area contributed by atoms with Gasteiger partial charge in [-0.15, -0.1) is 11.3 Å². The highest BCUT2D eigenvalue weighted by Gasteiger charge is 2.54. The van der Waals surface area contributed by atoms with Gasteiger partial charge in [-0.1, -0.05) is 0 Å². The fraction of sp³-hybridized carbons (Fsp3) is 0.375. The van der Waals surface area contributed by atoms with E-state index in [4.69, 9.17) is 0 Å². The number of rotatable bonds is 3. The van der Waals surface area contributed by atoms with Crippen molar-refractivity contribution in [1.29, 1.82) is 0 Å². The molecule has 0 atom stereocenters. The summed E-state index contributed by atoms with van der Waals surface area (Å²) < 4.78 is 51.1. The number of hydrogen-bond acceptors (Lipinski definition) is 2. The van der Waals surface area contributed by atoms with Crippen LogP contribution in [0.5, 0.6) is 0 Å². The lowest BCUT2D eigenvalue weighted by molar-refractivity contribution is -0.204. The minimum atomic E-state index is -4.33. The molecule has 0 fully saturated rings. The van der Waals surface area contributed by atoms with Crippen LogP contribution >= 0.6 is 11.3 Å². The number of halogens is 4. The fourth-order valence-corrected chi connectivity index (χ4v) is 1.58. The number of hydrogen-bond donors (Lipinski definition) is 0. The Balaban J connectivity index is 3.22. The summed E-state index contributed by atoms with van der Waals surface area (Å²) in [5.74, 6) is -8.53. The molecular formula is C8H5F4OS. The minimum Gasteiger partial charge on any atom is -0.284 e. The van der Waals surface area contributed by atoms with E-state index in [1.54, 1.807) is 0 Å². The van der Waals surface area contributed by atoms with Crippen LogP contribution in [0.15, 0.2) is 11.4 Å². The molecule has 1 aromatic rings. The Morgan fingerprint density at radius 2 is 1.93 bits per heavy atom. The van der Waals surface area contributed by atoms with Gasteiger partial charge in [0, 0.05) is 12.5 Å². The first kappa shape index (κ1) is 11.2. The van der Waals surface area contributed by atoms with Gasteiger partial charge in [-0.3, -0.25) is 4.79 Å². The number of thiophene rings is 1. The van der Waals surface area contributed by atoms with Gasteiger partial charge >= 0.3 is 11.8 Å². The maximum absolute atomic E-state index is 13.0. The Labute approximate surface area is 81.4 Å². The molecule has 0 bridgehead atoms. The molecule has 77 valence electrons. The van der Waals surface area contributed by atoms with Gasteiger partial charge in [0.05, 0.1) is 4.88 Å². The predicted molar refractivity (Wildman–Crippen MR) is 43.6 cm³/mol. The van der Waals surface area contributed by atoms with Crippen LogP contribution in [0.25, 0.3) is 0 Å². The zero-order valence-electron chi connectivity index (χ0n) is 6.98. The average molecular weight is 225 g/mol. The third-order valence-corrected chi connectivity index (χ3v) is 2.46. The summed E-state index contributed by atoms with van der Waals surface area (Å²) in [6.45, 7) is 0.110. The molecule has 1 aromatic heterocycles. The van der Waals surface area contributed by atoms with Crippen molar-refractivity contribution >= 4 is 17.6 Å². The standard InChI is InChI=1S/C8H5F4OS/c1-7(9,10)8(11,12)5-2-3-14-6(5)4-13/h2-3H,1H3. The van der Waals surface area contributed by atoms with Crippen LogP contribution in [-0.2, 0) is 10.7 Å². The summed E-state index contributed by atoms with van der Waals surface area (Å²) in [7, 11) is 0. The van der Waals surface area contributed by atoms with Crippen LogP contribution in [0.1, 0.15) is 17.4 Å². The van der Waals surface area contributed by atoms with Crippen molar-refractivity contribution in [3.8, 4) is 0 Å². The summed E-state index contributed by atoms with van der Waals surface area (Å²) in [6.07, 6.45) is 1.21. The van der Waals surface area contributed by atoms with Gasteiger partial charge in [0.1, 0.15) is 0 Å². The highest BCUT2D eigenvalue weighted by atomic mass is 32.1. The van der Waals surface area contributed by atoms with Crippen molar-refractivity contribution in [2.75, 3.05) is 0 Å². The number of alkyl halides is 4. The molecule has 0 aliphatic rings. The third-order valence-electron chi connectivity index (χ3n) is 1.65. The second-order valence-electron chi connectivity index (χ2n) is 2.73. The summed E-state index contributed by atoms with van der Waals surface area (Å²) in [5, 5.41) is 1.15. The van der Waals surface area contributed by atoms with E-state index in [1.807, 2.05) is 0 Å². The lowest BCUT2D eigenvalue weighted by Crippen LogP contribution is -2.35. The van der Waals surface area contributed by atoms with Crippen molar-refractivity contribution in [2.24, 2.45) is 0 Å². The lowest BCUT2D eigenvalue weighted by Gasteiger charge is -2.22. The van der Waals surface area contributed by atoms with Gasteiger partial charge in [0.15, 0.2) is 0 Å². The van der Waals surface area contributed by atoms with Crippen LogP contribution in [0, 0.1) is 0 Å². The van der Waals surface area contributed by atoms with Crippen molar-refractivity contribution in [1.82, 2.24) is 0 Å². The summed E-state index contributed by atoms with van der Waals surface area (Å²) in [4.78, 5) is 9.68. The first-order valence-corrected chi connectivity index (χ1v) is 4.40. The summed E-state index contributed by atoms with van der Waals surface area (Å²) >= 11 is 0.656. The van der Waals surface area contributed by atoms with Crippen LogP contribution in [0.4, 0.5) is 17.6 Å². The smallest absolute Gasteiger partial charge is 0.284 e. The quantitative estimate of drug-likeness (QED) is 0.723. The number of carbonyl (C=O) groups excluding carboxylic acids is 1. The van der Waals surface area contributed by atoms with Gasteiger partial charge in [0.25, 0.3) is 0 Å². The minimum absolute atomic E-state index is 0.110. The van der Waals surface area contributed by atoms with Crippen molar-refractivity contribution in [3.05, 3.63) is 21.9 Å². The van der Waals surface area contributed by atoms with E-state index in [-0.39, 0.29) is 6.92 Å². The third kappa shape index (κ3) is 1.66. The molecule has 1 radical (unpaired) electrons. The highest BCUT2D eigenvalue weighted by molar-refractivity contribution is 7.11. The van der Waals surface area contributed by atoms with E-state index >= 15 is 0 Å². The van der Waals surface area contributed by atoms with Crippen molar-refractivity contribution in [2.45, 2.75) is 18.8 Å². The van der Waals surface area contributed by atoms with E-state index in [0.717, 1.165) is 11.4 Å². The molecule has 6 heteroatoms. The molecule has 0 unspecified atom stereocenters. The van der Waals surface area contributed by atoms with E-state index in [1.165, 1.54) is 6.29 Å². The molecule has 1 nitrogen and oxygen atoms in total. The van der Waals surface area contributed by atoms with Gasteiger partial charge in [0.2, 0.25) is 6.29 Å². The Hall–Kier alpha value is -0.910. The maximum atomic E-state index is 13.0. The first-order chi connectivity index (χ1) is 6.30. The molecular weight excluding hydrogens is 220 g/mol. The van der Waals surface area contributed by atoms with Gasteiger partial charge in [-0.05, 0) is 11.4 Å². The second-order valence-corrected chi connectivity index (χ2v) is 3.64. The van der Waals surface area contributed by atoms with Gasteiger partial charge < -0.3 is 0 Å². The van der Waals surface area contributed by atoms with Crippen molar-refractivity contribution < 1.29 is 22.4 Å². The molecule has 14 heavy (non-hydrogen) atoms. The average Bonchev–Trinajstić information content (AvgIpc) is 2.49. The molecule has 0 spiro atoms. The van der Waals surface area contributed by atoms with E-state index < -0.39 is 22.3 Å². The van der Waals surface area contributed by atoms with E-state index in [0.29, 0.717) is 11.3 Å². The highest BCUT2D eigenvalue weighted by Crippen LogP contribution is 2.44. The molecule has 0 aliphatic heterocycles. The fourth-order valence-electron chi connectivity index (χ4n) is 0.872. The van der Waals surface area contributed by atoms with Crippen molar-refractivity contribution in [3.63, 3.8) is 0 Å². The zero-order valence-corrected chi connectivity index (χ0v) is 7.80. The summed E-state index contributed by atoms with van der Waals surface area (Å²) in [5.41, 5.74) is -0.968. The second kappa shape index (κ2) is 3.34. The molecule has 0 aliphatic carbocycles. The lowest BCUT2D eigenvalue weighted by atomic mass is 10.0. The Bertz CT molecular complexity index is 339. The SMILES string of the molecule is CC(F)(F)C(F)(F)c1ccsc1[C]=O. The van der Waals surface area contributed by atoms with Crippen LogP contribution in [-0.4, -0.2) is 12.2 Å². The van der Waals surface area contributed by atoms with Gasteiger partial charge in [-0.25, -0.2) is 0 Å². The van der Waals surface area contributed by atoms with Crippen LogP contribution in [0.2, 0.25) is 0 Å². The predicted octanol–water partition coefficient (Wildman–Crippen LogP) is 2.95. The largest absolute Gasteiger partial charge is 0.336 e. The Morgan fingerprint density at radius 1 is 1.36 bits per heavy atom. The van der Waals surface area contributed by atoms with Crippen LogP contribution < -0.4 is 0 Å². The Morgan fingerprint density at radius 3 is 2.36 bits per heavy atom. The maximum Gasteiger partial charge on any atom is 0.336 e. The zero-order chi connectivity index (χ0) is 11.0. The first-order valence-electron chi connectivity index (χ1n) is 3.52. The molecule has 1 heterocycles. The molecule has 1 rings (SSSR count). The molecule has 0 N–H and O–H groups in total. The van der Waals surface area contributed by atoms with Gasteiger partial charge in [-0.2, -0.15) is 17.6 Å². The molecule has 0 aromatic carbocycles. The van der Waals surface area contributed by atoms with E-state index in [9.17, 15) is 22.4 Å². The molecule has 0 amide bonds. The van der Waals surface area contributed by atoms with Crippen LogP contribution in [0.3, 0.4) is 0 Å². The summed E-state index contributed by atoms with van der Waals surface area (Å²) in [6, 6.07) is 0.808. The molecule has 0 saturated heterocycles.